The van der Waals surface area contributed by atoms with Crippen molar-refractivity contribution in [3.8, 4) is 6.07 Å². The molecule has 96 valence electrons. The van der Waals surface area contributed by atoms with Crippen LogP contribution in [0.3, 0.4) is 0 Å². The molecule has 2 rings (SSSR count). The summed E-state index contributed by atoms with van der Waals surface area (Å²) in [7, 11) is 0. The fraction of sp³-hybridized carbons (Fsp3) is 0.533. The Morgan fingerprint density at radius 1 is 1.56 bits per heavy atom. The molecule has 0 aromatic heterocycles. The fourth-order valence-corrected chi connectivity index (χ4v) is 3.32. The third-order valence-corrected chi connectivity index (χ3v) is 4.84. The third-order valence-electron chi connectivity index (χ3n) is 4.06. The Bertz CT molecular complexity index is 480. The molecule has 0 bridgehead atoms. The van der Waals surface area contributed by atoms with Crippen LogP contribution in [0.1, 0.15) is 38.2 Å². The summed E-state index contributed by atoms with van der Waals surface area (Å²) in [6.07, 6.45) is 4.79. The van der Waals surface area contributed by atoms with Crippen LogP contribution >= 0.6 is 15.9 Å². The lowest BCUT2D eigenvalue weighted by Crippen LogP contribution is -2.18. The van der Waals surface area contributed by atoms with Crippen molar-refractivity contribution < 1.29 is 4.39 Å². The van der Waals surface area contributed by atoms with Crippen LogP contribution in [-0.2, 0) is 6.42 Å². The van der Waals surface area contributed by atoms with Crippen molar-refractivity contribution in [1.82, 2.24) is 0 Å². The van der Waals surface area contributed by atoms with Gasteiger partial charge in [-0.25, -0.2) is 4.39 Å². The number of hydrogen-bond donors (Lipinski definition) is 0. The molecule has 2 atom stereocenters. The first-order chi connectivity index (χ1) is 8.58. The normalized spacial score (nSPS) is 27.1. The summed E-state index contributed by atoms with van der Waals surface area (Å²) in [6, 6.07) is 7.20. The van der Waals surface area contributed by atoms with E-state index in [0.717, 1.165) is 35.7 Å². The van der Waals surface area contributed by atoms with Gasteiger partial charge < -0.3 is 0 Å². The monoisotopic (exact) mass is 309 g/mol. The van der Waals surface area contributed by atoms with E-state index in [1.165, 1.54) is 6.07 Å². The molecule has 1 saturated carbocycles. The molecule has 2 unspecified atom stereocenters. The third kappa shape index (κ3) is 2.75. The zero-order valence-corrected chi connectivity index (χ0v) is 12.1. The van der Waals surface area contributed by atoms with Crippen molar-refractivity contribution in [2.75, 3.05) is 0 Å². The summed E-state index contributed by atoms with van der Waals surface area (Å²) in [5.41, 5.74) is 0.616. The molecule has 0 spiro atoms. The minimum absolute atomic E-state index is 0.230. The molecule has 1 aromatic carbocycles. The Morgan fingerprint density at radius 2 is 2.33 bits per heavy atom. The van der Waals surface area contributed by atoms with Gasteiger partial charge >= 0.3 is 0 Å². The molecule has 0 aliphatic heterocycles. The smallest absolute Gasteiger partial charge is 0.123 e. The summed E-state index contributed by atoms with van der Waals surface area (Å²) >= 11 is 3.45. The summed E-state index contributed by atoms with van der Waals surface area (Å²) in [5, 5.41) is 9.49. The Morgan fingerprint density at radius 3 is 2.94 bits per heavy atom. The SMILES string of the molecule is CCC1CCC(C#N)(Cc2cc(F)ccc2Br)C1. The minimum atomic E-state index is -0.295. The Labute approximate surface area is 116 Å². The van der Waals surface area contributed by atoms with Crippen LogP contribution in [0.2, 0.25) is 0 Å². The molecule has 1 aromatic rings. The van der Waals surface area contributed by atoms with Gasteiger partial charge in [0.25, 0.3) is 0 Å². The molecule has 1 fully saturated rings. The van der Waals surface area contributed by atoms with Gasteiger partial charge in [0.2, 0.25) is 0 Å². The summed E-state index contributed by atoms with van der Waals surface area (Å²) in [4.78, 5) is 0. The van der Waals surface area contributed by atoms with Gasteiger partial charge in [-0.05, 0) is 55.4 Å². The molecule has 18 heavy (non-hydrogen) atoms. The lowest BCUT2D eigenvalue weighted by Gasteiger charge is -2.21. The number of nitriles is 1. The van der Waals surface area contributed by atoms with Gasteiger partial charge in [0.1, 0.15) is 5.82 Å². The van der Waals surface area contributed by atoms with Crippen molar-refractivity contribution in [3.05, 3.63) is 34.1 Å². The maximum atomic E-state index is 13.3. The highest BCUT2D eigenvalue weighted by Gasteiger charge is 2.39. The van der Waals surface area contributed by atoms with Gasteiger partial charge in [0.15, 0.2) is 0 Å². The quantitative estimate of drug-likeness (QED) is 0.783. The van der Waals surface area contributed by atoms with Crippen LogP contribution in [0.4, 0.5) is 4.39 Å². The standard InChI is InChI=1S/C15H17BrFN/c1-2-11-5-6-15(8-11,10-18)9-12-7-13(17)3-4-14(12)16/h3-4,7,11H,2,5-6,8-9H2,1H3. The molecule has 1 aliphatic carbocycles. The zero-order valence-electron chi connectivity index (χ0n) is 10.5. The molecule has 0 amide bonds. The maximum absolute atomic E-state index is 13.3. The first-order valence-corrected chi connectivity index (χ1v) is 7.23. The molecule has 1 nitrogen and oxygen atoms in total. The van der Waals surface area contributed by atoms with Crippen LogP contribution in [-0.4, -0.2) is 0 Å². The number of nitrogens with zero attached hydrogens (tertiary/aromatic N) is 1. The van der Waals surface area contributed by atoms with E-state index in [-0.39, 0.29) is 11.2 Å². The number of rotatable bonds is 3. The van der Waals surface area contributed by atoms with Crippen molar-refractivity contribution >= 4 is 15.9 Å². The van der Waals surface area contributed by atoms with Crippen molar-refractivity contribution in [3.63, 3.8) is 0 Å². The summed E-state index contributed by atoms with van der Waals surface area (Å²) in [6.45, 7) is 2.18. The van der Waals surface area contributed by atoms with Crippen molar-refractivity contribution in [2.45, 2.75) is 39.0 Å². The van der Waals surface area contributed by atoms with E-state index in [1.54, 1.807) is 12.1 Å². The first-order valence-electron chi connectivity index (χ1n) is 6.44. The van der Waals surface area contributed by atoms with Crippen LogP contribution in [0.15, 0.2) is 22.7 Å². The maximum Gasteiger partial charge on any atom is 0.123 e. The number of halogens is 2. The highest BCUT2D eigenvalue weighted by Crippen LogP contribution is 2.45. The lowest BCUT2D eigenvalue weighted by atomic mass is 9.80. The predicted octanol–water partition coefficient (Wildman–Crippen LogP) is 4.85. The van der Waals surface area contributed by atoms with Gasteiger partial charge in [-0.2, -0.15) is 5.26 Å². The average Bonchev–Trinajstić information content (AvgIpc) is 2.78. The molecule has 0 heterocycles. The van der Waals surface area contributed by atoms with E-state index < -0.39 is 0 Å². The van der Waals surface area contributed by atoms with Crippen LogP contribution in [0, 0.1) is 28.5 Å². The minimum Gasteiger partial charge on any atom is -0.207 e. The number of benzene rings is 1. The highest BCUT2D eigenvalue weighted by atomic mass is 79.9. The first kappa shape index (κ1) is 13.5. The lowest BCUT2D eigenvalue weighted by molar-refractivity contribution is 0.379. The summed E-state index contributed by atoms with van der Waals surface area (Å²) < 4.78 is 14.2. The second kappa shape index (κ2) is 5.40. The molecule has 0 radical (unpaired) electrons. The van der Waals surface area contributed by atoms with Gasteiger partial charge in [0.05, 0.1) is 11.5 Å². The Hall–Kier alpha value is -0.880. The topological polar surface area (TPSA) is 23.8 Å². The predicted molar refractivity (Wildman–Crippen MR) is 73.5 cm³/mol. The molecule has 0 N–H and O–H groups in total. The van der Waals surface area contributed by atoms with Gasteiger partial charge in [0, 0.05) is 4.47 Å². The van der Waals surface area contributed by atoms with Gasteiger partial charge in [-0.3, -0.25) is 0 Å². The second-order valence-corrected chi connectivity index (χ2v) is 6.18. The summed E-state index contributed by atoms with van der Waals surface area (Å²) in [5.74, 6) is 0.420. The van der Waals surface area contributed by atoms with E-state index in [9.17, 15) is 9.65 Å². The second-order valence-electron chi connectivity index (χ2n) is 5.32. The van der Waals surface area contributed by atoms with E-state index in [0.29, 0.717) is 12.3 Å². The Kier molecular flexibility index (Phi) is 4.07. The molecular formula is C15H17BrFN. The average molecular weight is 310 g/mol. The van der Waals surface area contributed by atoms with E-state index >= 15 is 0 Å². The zero-order chi connectivity index (χ0) is 13.2. The largest absolute Gasteiger partial charge is 0.207 e. The molecule has 0 saturated heterocycles. The highest BCUT2D eigenvalue weighted by molar-refractivity contribution is 9.10. The Balaban J connectivity index is 2.21. The van der Waals surface area contributed by atoms with Crippen molar-refractivity contribution in [1.29, 1.82) is 5.26 Å². The van der Waals surface area contributed by atoms with Crippen LogP contribution < -0.4 is 0 Å². The van der Waals surface area contributed by atoms with Gasteiger partial charge in [-0.15, -0.1) is 0 Å². The fourth-order valence-electron chi connectivity index (χ4n) is 2.93. The molecular weight excluding hydrogens is 293 g/mol. The number of hydrogen-bond acceptors (Lipinski definition) is 1. The van der Waals surface area contributed by atoms with E-state index in [4.69, 9.17) is 0 Å². The molecule has 1 aliphatic rings. The van der Waals surface area contributed by atoms with E-state index in [2.05, 4.69) is 28.9 Å². The van der Waals surface area contributed by atoms with Crippen LogP contribution in [0.25, 0.3) is 0 Å². The van der Waals surface area contributed by atoms with Crippen LogP contribution in [0.5, 0.6) is 0 Å². The molecule has 3 heteroatoms. The van der Waals surface area contributed by atoms with E-state index in [1.807, 2.05) is 0 Å². The van der Waals surface area contributed by atoms with Gasteiger partial charge in [-0.1, -0.05) is 29.3 Å². The van der Waals surface area contributed by atoms with Crippen molar-refractivity contribution in [2.24, 2.45) is 11.3 Å².